The molecule has 13 aromatic rings. The molecule has 0 atom stereocenters. The van der Waals surface area contributed by atoms with E-state index in [0.29, 0.717) is 33.4 Å². The minimum atomic E-state index is 0.622. The highest BCUT2D eigenvalue weighted by molar-refractivity contribution is 6.23. The van der Waals surface area contributed by atoms with Crippen molar-refractivity contribution in [1.29, 1.82) is 0 Å². The molecule has 13 rings (SSSR count). The lowest BCUT2D eigenvalue weighted by molar-refractivity contribution is 1.29. The van der Waals surface area contributed by atoms with E-state index in [1.165, 1.54) is 0 Å². The summed E-state index contributed by atoms with van der Waals surface area (Å²) in [6, 6.07) is 93.2. The zero-order valence-electron chi connectivity index (χ0n) is 46.8. The molecule has 0 saturated carbocycles. The predicted octanol–water partition coefficient (Wildman–Crippen LogP) is 20.3. The van der Waals surface area contributed by atoms with Crippen molar-refractivity contribution < 1.29 is 0 Å². The van der Waals surface area contributed by atoms with E-state index in [1.807, 2.05) is 66.7 Å². The summed E-state index contributed by atoms with van der Waals surface area (Å²) in [4.78, 5) is 4.62. The van der Waals surface area contributed by atoms with Crippen LogP contribution in [0.15, 0.2) is 267 Å². The molecule has 0 heterocycles. The van der Waals surface area contributed by atoms with E-state index >= 15 is 0 Å². The molecular formula is C84H50N2. The molecule has 0 amide bonds. The van der Waals surface area contributed by atoms with Crippen LogP contribution >= 0.6 is 0 Å². The third-order valence-electron chi connectivity index (χ3n) is 16.1. The van der Waals surface area contributed by atoms with Gasteiger partial charge in [0.05, 0.1) is 0 Å². The predicted molar refractivity (Wildman–Crippen MR) is 363 cm³/mol. The molecule has 2 heteroatoms. The molecule has 0 aliphatic carbocycles. The summed E-state index contributed by atoms with van der Waals surface area (Å²) >= 11 is 0. The summed E-state index contributed by atoms with van der Waals surface area (Å²) in [6.07, 6.45) is 37.0. The van der Waals surface area contributed by atoms with Crippen LogP contribution in [0.25, 0.3) is 88.0 Å². The number of para-hydroxylation sites is 4. The van der Waals surface area contributed by atoms with Crippen molar-refractivity contribution in [2.45, 2.75) is 0 Å². The standard InChI is InChI=1S/C84H50N2/c1-7-57-42-43-63(52-60(57)10-4)83-78-50-46-70(86(67-35-21-15-22-36-67)68-37-23-16-24-38-68)56-82(78)84(79-51-47-69(55-81(79)83)85(65-31-17-13-18-32-65)66-33-19-14-20-34-66)64-45-48-74-61(53-64)30-27-39-73(74)62-44-49-77(75-40-25-28-58(8-2)71(75)11-5)80(54-62)76-41-26-29-59(9-3)72(76)12-6/h1-6,13-56H. The first-order valence-corrected chi connectivity index (χ1v) is 28.1. The average Bonchev–Trinajstić information content (AvgIpc) is 0.901. The highest BCUT2D eigenvalue weighted by atomic mass is 15.1. The van der Waals surface area contributed by atoms with Crippen LogP contribution in [0, 0.1) is 74.1 Å². The summed E-state index contributed by atoms with van der Waals surface area (Å²) in [5.74, 6) is 17.1. The number of rotatable bonds is 11. The smallest absolute Gasteiger partial charge is 0.0477 e. The fraction of sp³-hybridized carbons (Fsp3) is 0. The van der Waals surface area contributed by atoms with Crippen LogP contribution < -0.4 is 9.80 Å². The number of hydrogen-bond donors (Lipinski definition) is 0. The van der Waals surface area contributed by atoms with E-state index in [2.05, 4.69) is 246 Å². The molecule has 0 N–H and O–H groups in total. The Morgan fingerprint density at radius 3 is 1.12 bits per heavy atom. The van der Waals surface area contributed by atoms with Gasteiger partial charge >= 0.3 is 0 Å². The van der Waals surface area contributed by atoms with Crippen molar-refractivity contribution in [2.24, 2.45) is 0 Å². The van der Waals surface area contributed by atoms with Gasteiger partial charge in [0.1, 0.15) is 0 Å². The first-order valence-electron chi connectivity index (χ1n) is 28.1. The molecule has 0 aliphatic rings. The van der Waals surface area contributed by atoms with Crippen molar-refractivity contribution in [3.05, 3.63) is 300 Å². The normalized spacial score (nSPS) is 10.7. The number of benzene rings is 13. The quantitative estimate of drug-likeness (QED) is 0.0941. The SMILES string of the molecule is C#Cc1ccc(-c2c3ccc(N(c4ccccc4)c4ccccc4)cc3c(-c3ccc4c(-c5ccc(-c6cccc(C#C)c6C#C)c(-c6cccc(C#C)c6C#C)c5)cccc4c3)c3ccc(N(c4ccccc4)c4ccccc4)cc23)cc1C#C. The highest BCUT2D eigenvalue weighted by Crippen LogP contribution is 2.50. The number of terminal acetylenes is 6. The molecule has 0 fully saturated rings. The Hall–Kier alpha value is -12.4. The van der Waals surface area contributed by atoms with Gasteiger partial charge in [0, 0.05) is 67.5 Å². The van der Waals surface area contributed by atoms with E-state index in [0.717, 1.165) is 122 Å². The largest absolute Gasteiger partial charge is 0.310 e. The zero-order chi connectivity index (χ0) is 58.7. The molecule has 0 saturated heterocycles. The van der Waals surface area contributed by atoms with Crippen LogP contribution in [0.5, 0.6) is 0 Å². The Labute approximate surface area is 503 Å². The van der Waals surface area contributed by atoms with Gasteiger partial charge in [-0.25, -0.2) is 0 Å². The summed E-state index contributed by atoms with van der Waals surface area (Å²) in [6.45, 7) is 0. The van der Waals surface area contributed by atoms with Crippen molar-refractivity contribution in [1.82, 2.24) is 0 Å². The molecule has 0 aliphatic heterocycles. The molecule has 0 aromatic heterocycles. The summed E-state index contributed by atoms with van der Waals surface area (Å²) < 4.78 is 0. The van der Waals surface area contributed by atoms with Crippen LogP contribution in [-0.2, 0) is 0 Å². The fourth-order valence-corrected chi connectivity index (χ4v) is 12.2. The minimum Gasteiger partial charge on any atom is -0.310 e. The summed E-state index contributed by atoms with van der Waals surface area (Å²) in [7, 11) is 0. The third-order valence-corrected chi connectivity index (χ3v) is 16.1. The van der Waals surface area contributed by atoms with E-state index in [4.69, 9.17) is 38.5 Å². The Kier molecular flexibility index (Phi) is 14.1. The molecule has 0 radical (unpaired) electrons. The molecule has 13 aromatic carbocycles. The van der Waals surface area contributed by atoms with E-state index in [-0.39, 0.29) is 0 Å². The fourth-order valence-electron chi connectivity index (χ4n) is 12.2. The van der Waals surface area contributed by atoms with Gasteiger partial charge in [0.2, 0.25) is 0 Å². The monoisotopic (exact) mass is 1090 g/mol. The van der Waals surface area contributed by atoms with Crippen LogP contribution in [-0.4, -0.2) is 0 Å². The lowest BCUT2D eigenvalue weighted by atomic mass is 9.83. The van der Waals surface area contributed by atoms with Crippen molar-refractivity contribution in [2.75, 3.05) is 9.80 Å². The van der Waals surface area contributed by atoms with E-state index in [1.54, 1.807) is 0 Å². The molecular weight excluding hydrogens is 1040 g/mol. The maximum atomic E-state index is 6.29. The third kappa shape index (κ3) is 9.42. The summed E-state index contributed by atoms with van der Waals surface area (Å²) in [5, 5.41) is 6.30. The van der Waals surface area contributed by atoms with E-state index < -0.39 is 0 Å². The second-order valence-electron chi connectivity index (χ2n) is 20.8. The first kappa shape index (κ1) is 52.9. The van der Waals surface area contributed by atoms with Gasteiger partial charge in [0.25, 0.3) is 0 Å². The van der Waals surface area contributed by atoms with Crippen LogP contribution in [0.2, 0.25) is 0 Å². The Balaban J connectivity index is 1.09. The molecule has 0 spiro atoms. The second kappa shape index (κ2) is 22.9. The molecule has 2 nitrogen and oxygen atoms in total. The Bertz CT molecular complexity index is 5030. The number of nitrogens with zero attached hydrogens (tertiary/aromatic N) is 2. The van der Waals surface area contributed by atoms with Crippen molar-refractivity contribution in [3.63, 3.8) is 0 Å². The van der Waals surface area contributed by atoms with Gasteiger partial charge in [0.15, 0.2) is 0 Å². The maximum absolute atomic E-state index is 6.29. The molecule has 0 unspecified atom stereocenters. The van der Waals surface area contributed by atoms with Gasteiger partial charge in [-0.3, -0.25) is 0 Å². The number of hydrogen-bond acceptors (Lipinski definition) is 2. The van der Waals surface area contributed by atoms with Gasteiger partial charge in [-0.1, -0.05) is 193 Å². The van der Waals surface area contributed by atoms with Crippen LogP contribution in [0.1, 0.15) is 33.4 Å². The maximum Gasteiger partial charge on any atom is 0.0477 e. The van der Waals surface area contributed by atoms with Crippen molar-refractivity contribution >= 4 is 66.4 Å². The average molecular weight is 1090 g/mol. The van der Waals surface area contributed by atoms with Crippen LogP contribution in [0.3, 0.4) is 0 Å². The zero-order valence-corrected chi connectivity index (χ0v) is 46.8. The first-order chi connectivity index (χ1) is 42.4. The second-order valence-corrected chi connectivity index (χ2v) is 20.8. The number of anilines is 6. The molecule has 396 valence electrons. The minimum absolute atomic E-state index is 0.622. The Morgan fingerprint density at radius 2 is 0.640 bits per heavy atom. The summed E-state index contributed by atoms with van der Waals surface area (Å²) in [5.41, 5.74) is 19.4. The van der Waals surface area contributed by atoms with E-state index in [9.17, 15) is 0 Å². The lowest BCUT2D eigenvalue weighted by Gasteiger charge is -2.28. The van der Waals surface area contributed by atoms with Gasteiger partial charge in [-0.05, 0) is 197 Å². The van der Waals surface area contributed by atoms with Gasteiger partial charge in [-0.2, -0.15) is 0 Å². The van der Waals surface area contributed by atoms with Gasteiger partial charge < -0.3 is 9.80 Å². The molecule has 86 heavy (non-hydrogen) atoms. The van der Waals surface area contributed by atoms with Gasteiger partial charge in [-0.15, -0.1) is 38.5 Å². The lowest BCUT2D eigenvalue weighted by Crippen LogP contribution is -2.10. The molecule has 0 bridgehead atoms. The number of fused-ring (bicyclic) bond motifs is 3. The Morgan fingerprint density at radius 1 is 0.221 bits per heavy atom. The van der Waals surface area contributed by atoms with Crippen molar-refractivity contribution in [3.8, 4) is 130 Å². The topological polar surface area (TPSA) is 6.48 Å². The van der Waals surface area contributed by atoms with Crippen LogP contribution in [0.4, 0.5) is 34.1 Å². The highest BCUT2D eigenvalue weighted by Gasteiger charge is 2.24.